The lowest BCUT2D eigenvalue weighted by Crippen LogP contribution is -2.47. The van der Waals surface area contributed by atoms with Gasteiger partial charge in [0.25, 0.3) is 0 Å². The third kappa shape index (κ3) is 5.40. The fourth-order valence-electron chi connectivity index (χ4n) is 3.16. The molecule has 2 N–H and O–H groups in total. The van der Waals surface area contributed by atoms with Crippen molar-refractivity contribution in [3.05, 3.63) is 29.3 Å². The summed E-state index contributed by atoms with van der Waals surface area (Å²) in [7, 11) is -0.751. The Morgan fingerprint density at radius 3 is 2.46 bits per heavy atom. The summed E-state index contributed by atoms with van der Waals surface area (Å²) in [5, 5.41) is 3.28. The number of halogens is 1. The molecular formula is C17H27ClN2O5S. The maximum atomic E-state index is 12.7. The van der Waals surface area contributed by atoms with Gasteiger partial charge in [0.05, 0.1) is 24.2 Å². The van der Waals surface area contributed by atoms with Crippen molar-refractivity contribution in [1.82, 2.24) is 10.0 Å². The third-order valence-electron chi connectivity index (χ3n) is 4.64. The van der Waals surface area contributed by atoms with Gasteiger partial charge in [0.2, 0.25) is 10.0 Å². The number of nitrogens with one attached hydrogen (secondary N) is 2. The number of rotatable bonds is 7. The van der Waals surface area contributed by atoms with E-state index in [1.807, 2.05) is 0 Å². The summed E-state index contributed by atoms with van der Waals surface area (Å²) in [6.07, 6.45) is 1.70. The normalized spacial score (nSPS) is 16.6. The lowest BCUT2D eigenvalue weighted by atomic mass is 9.80. The van der Waals surface area contributed by atoms with Crippen LogP contribution >= 0.6 is 12.4 Å². The molecule has 1 saturated heterocycles. The van der Waals surface area contributed by atoms with E-state index in [2.05, 4.69) is 14.8 Å². The smallest absolute Gasteiger partial charge is 0.337 e. The number of ether oxygens (including phenoxy) is 2. The summed E-state index contributed by atoms with van der Waals surface area (Å²) in [4.78, 5) is 11.7. The second-order valence-corrected chi connectivity index (χ2v) is 8.21. The van der Waals surface area contributed by atoms with Crippen LogP contribution in [0.3, 0.4) is 0 Å². The predicted molar refractivity (Wildman–Crippen MR) is 101 cm³/mol. The molecule has 9 heteroatoms. The maximum absolute atomic E-state index is 12.7. The van der Waals surface area contributed by atoms with Gasteiger partial charge in [-0.15, -0.1) is 12.4 Å². The van der Waals surface area contributed by atoms with Crippen molar-refractivity contribution in [2.24, 2.45) is 5.41 Å². The number of methoxy groups -OCH3 is 2. The highest BCUT2D eigenvalue weighted by atomic mass is 35.5. The zero-order chi connectivity index (χ0) is 18.5. The van der Waals surface area contributed by atoms with Gasteiger partial charge in [0, 0.05) is 19.1 Å². The number of esters is 1. The molecule has 0 unspecified atom stereocenters. The highest BCUT2D eigenvalue weighted by molar-refractivity contribution is 7.89. The van der Waals surface area contributed by atoms with Crippen LogP contribution in [0.5, 0.6) is 0 Å². The maximum Gasteiger partial charge on any atom is 0.337 e. The first-order chi connectivity index (χ1) is 11.8. The molecule has 1 aliphatic rings. The highest BCUT2D eigenvalue weighted by Gasteiger charge is 2.33. The fourth-order valence-corrected chi connectivity index (χ4v) is 4.54. The monoisotopic (exact) mass is 406 g/mol. The first kappa shape index (κ1) is 22.9. The molecule has 0 amide bonds. The number of sulfonamides is 1. The number of benzene rings is 1. The number of piperidine rings is 1. The molecule has 0 bridgehead atoms. The fraction of sp³-hybridized carbons (Fsp3) is 0.588. The van der Waals surface area contributed by atoms with Gasteiger partial charge < -0.3 is 14.8 Å². The summed E-state index contributed by atoms with van der Waals surface area (Å²) in [6, 6.07) is 4.42. The van der Waals surface area contributed by atoms with Crippen LogP contribution in [0.15, 0.2) is 23.1 Å². The average molecular weight is 407 g/mol. The standard InChI is InChI=1S/C17H26N2O5S.ClH/c1-13-10-14(16(20)24-3)4-5-15(13)25(21,22)19-11-17(12-23-2)6-8-18-9-7-17;/h4-5,10,18-19H,6-9,11-12H2,1-3H3;1H. The van der Waals surface area contributed by atoms with Gasteiger partial charge in [-0.2, -0.15) is 0 Å². The highest BCUT2D eigenvalue weighted by Crippen LogP contribution is 2.29. The lowest BCUT2D eigenvalue weighted by molar-refractivity contribution is 0.0577. The van der Waals surface area contributed by atoms with Crippen LogP contribution < -0.4 is 10.0 Å². The van der Waals surface area contributed by atoms with Crippen molar-refractivity contribution in [3.63, 3.8) is 0 Å². The topological polar surface area (TPSA) is 93.7 Å². The molecule has 0 radical (unpaired) electrons. The molecule has 0 saturated carbocycles. The van der Waals surface area contributed by atoms with E-state index < -0.39 is 16.0 Å². The van der Waals surface area contributed by atoms with E-state index in [0.29, 0.717) is 24.3 Å². The van der Waals surface area contributed by atoms with Crippen LogP contribution in [0.4, 0.5) is 0 Å². The van der Waals surface area contributed by atoms with Crippen LogP contribution in [0.25, 0.3) is 0 Å². The van der Waals surface area contributed by atoms with Crippen LogP contribution in [-0.4, -0.2) is 54.8 Å². The Bertz CT molecular complexity index is 712. The van der Waals surface area contributed by atoms with Crippen molar-refractivity contribution >= 4 is 28.4 Å². The zero-order valence-corrected chi connectivity index (χ0v) is 17.0. The number of carbonyl (C=O) groups excluding carboxylic acids is 1. The Hall–Kier alpha value is -1.19. The van der Waals surface area contributed by atoms with E-state index in [4.69, 9.17) is 4.74 Å². The molecule has 1 aliphatic heterocycles. The van der Waals surface area contributed by atoms with E-state index >= 15 is 0 Å². The average Bonchev–Trinajstić information content (AvgIpc) is 2.60. The summed E-state index contributed by atoms with van der Waals surface area (Å²) in [5.41, 5.74) is 0.627. The van der Waals surface area contributed by atoms with Crippen LogP contribution in [0.2, 0.25) is 0 Å². The Morgan fingerprint density at radius 2 is 1.92 bits per heavy atom. The number of hydrogen-bond donors (Lipinski definition) is 2. The molecule has 0 aliphatic carbocycles. The van der Waals surface area contributed by atoms with Crippen molar-refractivity contribution in [2.45, 2.75) is 24.7 Å². The van der Waals surface area contributed by atoms with Crippen molar-refractivity contribution in [3.8, 4) is 0 Å². The molecule has 0 atom stereocenters. The van der Waals surface area contributed by atoms with Crippen LogP contribution in [-0.2, 0) is 19.5 Å². The zero-order valence-electron chi connectivity index (χ0n) is 15.3. The molecule has 148 valence electrons. The van der Waals surface area contributed by atoms with Gasteiger partial charge in [0.1, 0.15) is 0 Å². The molecular weight excluding hydrogens is 380 g/mol. The van der Waals surface area contributed by atoms with Gasteiger partial charge in [-0.25, -0.2) is 17.9 Å². The van der Waals surface area contributed by atoms with Crippen molar-refractivity contribution in [2.75, 3.05) is 40.5 Å². The minimum atomic E-state index is -3.67. The van der Waals surface area contributed by atoms with Gasteiger partial charge in [-0.1, -0.05) is 0 Å². The Morgan fingerprint density at radius 1 is 1.27 bits per heavy atom. The van der Waals surface area contributed by atoms with Crippen molar-refractivity contribution in [1.29, 1.82) is 0 Å². The Balaban J connectivity index is 0.00000338. The summed E-state index contributed by atoms with van der Waals surface area (Å²) < 4.78 is 38.1. The Kier molecular flexibility index (Phi) is 8.49. The molecule has 7 nitrogen and oxygen atoms in total. The second kappa shape index (κ2) is 9.66. The second-order valence-electron chi connectivity index (χ2n) is 6.48. The number of aryl methyl sites for hydroxylation is 1. The molecule has 0 spiro atoms. The lowest BCUT2D eigenvalue weighted by Gasteiger charge is -2.37. The number of carbonyl (C=O) groups is 1. The molecule has 1 heterocycles. The first-order valence-corrected chi connectivity index (χ1v) is 9.70. The first-order valence-electron chi connectivity index (χ1n) is 8.22. The van der Waals surface area contributed by atoms with Gasteiger partial charge in [-0.05, 0) is 56.6 Å². The largest absolute Gasteiger partial charge is 0.465 e. The SMILES string of the molecule is COCC1(CNS(=O)(=O)c2ccc(C(=O)OC)cc2C)CCNCC1.Cl. The molecule has 1 aromatic carbocycles. The summed E-state index contributed by atoms with van der Waals surface area (Å²) >= 11 is 0. The van der Waals surface area contributed by atoms with Crippen molar-refractivity contribution < 1.29 is 22.7 Å². The molecule has 1 aromatic rings. The quantitative estimate of drug-likeness (QED) is 0.666. The van der Waals surface area contributed by atoms with E-state index in [1.165, 1.54) is 25.3 Å². The minimum absolute atomic E-state index is 0. The number of hydrogen-bond acceptors (Lipinski definition) is 6. The minimum Gasteiger partial charge on any atom is -0.465 e. The van der Waals surface area contributed by atoms with E-state index in [0.717, 1.165) is 25.9 Å². The molecule has 26 heavy (non-hydrogen) atoms. The van der Waals surface area contributed by atoms with Gasteiger partial charge >= 0.3 is 5.97 Å². The third-order valence-corrected chi connectivity index (χ3v) is 6.20. The van der Waals surface area contributed by atoms with Gasteiger partial charge in [-0.3, -0.25) is 0 Å². The van der Waals surface area contributed by atoms with Crippen LogP contribution in [0.1, 0.15) is 28.8 Å². The van der Waals surface area contributed by atoms with Crippen LogP contribution in [0, 0.1) is 12.3 Å². The molecule has 2 rings (SSSR count). The summed E-state index contributed by atoms with van der Waals surface area (Å²) in [5.74, 6) is -0.492. The molecule has 1 fully saturated rings. The summed E-state index contributed by atoms with van der Waals surface area (Å²) in [6.45, 7) is 4.19. The van der Waals surface area contributed by atoms with E-state index in [1.54, 1.807) is 14.0 Å². The van der Waals surface area contributed by atoms with E-state index in [-0.39, 0.29) is 22.7 Å². The van der Waals surface area contributed by atoms with Gasteiger partial charge in [0.15, 0.2) is 0 Å². The predicted octanol–water partition coefficient (Wildman–Crippen LogP) is 1.50. The molecule has 0 aromatic heterocycles. The van der Waals surface area contributed by atoms with E-state index in [9.17, 15) is 13.2 Å². The Labute approximate surface area is 161 Å².